The van der Waals surface area contributed by atoms with E-state index in [1.807, 2.05) is 13.8 Å². The molecule has 2 amide bonds. The average molecular weight is 350 g/mol. The minimum atomic E-state index is -1.03. The molecule has 0 aliphatic carbocycles. The summed E-state index contributed by atoms with van der Waals surface area (Å²) in [5.41, 5.74) is 0.913. The molecule has 0 atom stereocenters. The smallest absolute Gasteiger partial charge is 0.341 e. The van der Waals surface area contributed by atoms with E-state index in [1.165, 1.54) is 0 Å². The van der Waals surface area contributed by atoms with E-state index in [9.17, 15) is 14.4 Å². The number of carbonyl (C=O) groups is 3. The summed E-state index contributed by atoms with van der Waals surface area (Å²) in [5.74, 6) is -0.626. The third-order valence-electron chi connectivity index (χ3n) is 3.38. The summed E-state index contributed by atoms with van der Waals surface area (Å²) in [7, 11) is 1.71. The third-order valence-corrected chi connectivity index (χ3v) is 3.38. The molecule has 0 spiro atoms. The van der Waals surface area contributed by atoms with Gasteiger partial charge >= 0.3 is 5.97 Å². The monoisotopic (exact) mass is 350 g/mol. The first-order valence-corrected chi connectivity index (χ1v) is 8.24. The molecule has 25 heavy (non-hydrogen) atoms. The number of aliphatic carboxylic acids is 1. The molecule has 0 radical (unpaired) electrons. The number of carboxylic acids is 1. The number of amides is 2. The van der Waals surface area contributed by atoms with Gasteiger partial charge in [0.15, 0.2) is 6.61 Å². The maximum Gasteiger partial charge on any atom is 0.341 e. The molecule has 1 aromatic carbocycles. The van der Waals surface area contributed by atoms with E-state index in [0.29, 0.717) is 31.6 Å². The van der Waals surface area contributed by atoms with Crippen molar-refractivity contribution >= 4 is 17.8 Å². The molecular formula is C18H26N2O5. The first kappa shape index (κ1) is 20.5. The van der Waals surface area contributed by atoms with Crippen molar-refractivity contribution in [2.75, 3.05) is 13.7 Å². The fraction of sp³-hybridized carbons (Fsp3) is 0.500. The Bertz CT molecular complexity index is 584. The summed E-state index contributed by atoms with van der Waals surface area (Å²) in [4.78, 5) is 35.7. The second-order valence-corrected chi connectivity index (χ2v) is 6.15. The van der Waals surface area contributed by atoms with Gasteiger partial charge in [0.05, 0.1) is 0 Å². The van der Waals surface area contributed by atoms with Gasteiger partial charge in [-0.15, -0.1) is 0 Å². The summed E-state index contributed by atoms with van der Waals surface area (Å²) in [6.07, 6.45) is 1.18. The van der Waals surface area contributed by atoms with Crippen LogP contribution in [0, 0.1) is 0 Å². The highest BCUT2D eigenvalue weighted by Crippen LogP contribution is 2.14. The minimum absolute atomic E-state index is 0.0245. The molecule has 0 saturated carbocycles. The van der Waals surface area contributed by atoms with Gasteiger partial charge < -0.3 is 20.1 Å². The molecule has 0 saturated heterocycles. The van der Waals surface area contributed by atoms with Crippen LogP contribution in [-0.4, -0.2) is 47.5 Å². The molecule has 0 unspecified atom stereocenters. The van der Waals surface area contributed by atoms with Crippen LogP contribution in [0.25, 0.3) is 0 Å². The predicted octanol–water partition coefficient (Wildman–Crippen LogP) is 1.80. The van der Waals surface area contributed by atoms with Gasteiger partial charge in [0.25, 0.3) is 0 Å². The van der Waals surface area contributed by atoms with Crippen LogP contribution < -0.4 is 10.1 Å². The number of nitrogens with one attached hydrogen (secondary N) is 1. The van der Waals surface area contributed by atoms with E-state index in [1.54, 1.807) is 36.2 Å². The molecule has 0 heterocycles. The van der Waals surface area contributed by atoms with Crippen LogP contribution in [0.3, 0.4) is 0 Å². The lowest BCUT2D eigenvalue weighted by atomic mass is 10.1. The van der Waals surface area contributed by atoms with Gasteiger partial charge in [-0.1, -0.05) is 12.1 Å². The first-order chi connectivity index (χ1) is 11.8. The van der Waals surface area contributed by atoms with Crippen molar-refractivity contribution in [2.24, 2.45) is 0 Å². The van der Waals surface area contributed by atoms with Crippen molar-refractivity contribution in [3.63, 3.8) is 0 Å². The second kappa shape index (κ2) is 10.3. The Morgan fingerprint density at radius 2 is 1.80 bits per heavy atom. The van der Waals surface area contributed by atoms with Gasteiger partial charge in [-0.3, -0.25) is 9.59 Å². The third kappa shape index (κ3) is 8.74. The van der Waals surface area contributed by atoms with Gasteiger partial charge in [0, 0.05) is 32.5 Å². The number of benzene rings is 1. The van der Waals surface area contributed by atoms with E-state index in [-0.39, 0.29) is 24.5 Å². The number of rotatable bonds is 10. The number of carboxylic acid groups (broad SMARTS) is 1. The normalized spacial score (nSPS) is 10.4. The van der Waals surface area contributed by atoms with E-state index in [0.717, 1.165) is 5.56 Å². The molecular weight excluding hydrogens is 324 g/mol. The maximum atomic E-state index is 12.1. The highest BCUT2D eigenvalue weighted by atomic mass is 16.5. The molecule has 0 aromatic heterocycles. The summed E-state index contributed by atoms with van der Waals surface area (Å²) in [6, 6.07) is 7.03. The van der Waals surface area contributed by atoms with Crippen LogP contribution in [0.5, 0.6) is 5.75 Å². The standard InChI is InChI=1S/C18H26N2O5/c1-13(2)19-16(21)5-4-6-17(22)20(3)11-14-7-9-15(10-8-14)25-12-18(23)24/h7-10,13H,4-6,11-12H2,1-3H3,(H,19,21)(H,23,24). The Morgan fingerprint density at radius 3 is 2.36 bits per heavy atom. The van der Waals surface area contributed by atoms with Crippen LogP contribution in [-0.2, 0) is 20.9 Å². The number of ether oxygens (including phenoxy) is 1. The van der Waals surface area contributed by atoms with Crippen molar-refractivity contribution in [1.82, 2.24) is 10.2 Å². The topological polar surface area (TPSA) is 95.9 Å². The minimum Gasteiger partial charge on any atom is -0.482 e. The van der Waals surface area contributed by atoms with E-state index in [2.05, 4.69) is 5.32 Å². The van der Waals surface area contributed by atoms with Crippen LogP contribution in [0.4, 0.5) is 0 Å². The number of hydrogen-bond acceptors (Lipinski definition) is 4. The lowest BCUT2D eigenvalue weighted by Crippen LogP contribution is -2.30. The van der Waals surface area contributed by atoms with Crippen LogP contribution in [0.2, 0.25) is 0 Å². The van der Waals surface area contributed by atoms with Crippen LogP contribution in [0.1, 0.15) is 38.7 Å². The number of hydrogen-bond donors (Lipinski definition) is 2. The molecule has 1 rings (SSSR count). The predicted molar refractivity (Wildman–Crippen MR) is 93.2 cm³/mol. The summed E-state index contributed by atoms with van der Waals surface area (Å²) >= 11 is 0. The molecule has 0 aliphatic rings. The fourth-order valence-corrected chi connectivity index (χ4v) is 2.18. The SMILES string of the molecule is CC(C)NC(=O)CCCC(=O)N(C)Cc1ccc(OCC(=O)O)cc1. The highest BCUT2D eigenvalue weighted by Gasteiger charge is 2.11. The zero-order valence-electron chi connectivity index (χ0n) is 14.9. The molecule has 0 fully saturated rings. The molecule has 7 nitrogen and oxygen atoms in total. The van der Waals surface area contributed by atoms with Gasteiger partial charge in [-0.2, -0.15) is 0 Å². The Labute approximate surface area is 148 Å². The van der Waals surface area contributed by atoms with Crippen molar-refractivity contribution in [3.8, 4) is 5.75 Å². The average Bonchev–Trinajstić information content (AvgIpc) is 2.53. The summed E-state index contributed by atoms with van der Waals surface area (Å²) < 4.78 is 5.06. The Morgan fingerprint density at radius 1 is 1.16 bits per heavy atom. The maximum absolute atomic E-state index is 12.1. The first-order valence-electron chi connectivity index (χ1n) is 8.24. The van der Waals surface area contributed by atoms with Gasteiger partial charge in [-0.25, -0.2) is 4.79 Å². The quantitative estimate of drug-likeness (QED) is 0.671. The molecule has 138 valence electrons. The van der Waals surface area contributed by atoms with Gasteiger partial charge in [0.2, 0.25) is 11.8 Å². The van der Waals surface area contributed by atoms with Crippen molar-refractivity contribution in [1.29, 1.82) is 0 Å². The fourth-order valence-electron chi connectivity index (χ4n) is 2.18. The van der Waals surface area contributed by atoms with Gasteiger partial charge in [0.1, 0.15) is 5.75 Å². The Hall–Kier alpha value is -2.57. The van der Waals surface area contributed by atoms with E-state index in [4.69, 9.17) is 9.84 Å². The number of nitrogens with zero attached hydrogens (tertiary/aromatic N) is 1. The summed E-state index contributed by atoms with van der Waals surface area (Å²) in [6.45, 7) is 3.85. The molecule has 0 bridgehead atoms. The molecule has 2 N–H and O–H groups in total. The van der Waals surface area contributed by atoms with Crippen molar-refractivity contribution in [2.45, 2.75) is 45.7 Å². The number of carbonyl (C=O) groups excluding carboxylic acids is 2. The lowest BCUT2D eigenvalue weighted by molar-refractivity contribution is -0.139. The second-order valence-electron chi connectivity index (χ2n) is 6.15. The zero-order valence-corrected chi connectivity index (χ0v) is 14.9. The zero-order chi connectivity index (χ0) is 18.8. The highest BCUT2D eigenvalue weighted by molar-refractivity contribution is 5.79. The van der Waals surface area contributed by atoms with Crippen molar-refractivity contribution in [3.05, 3.63) is 29.8 Å². The van der Waals surface area contributed by atoms with Crippen molar-refractivity contribution < 1.29 is 24.2 Å². The van der Waals surface area contributed by atoms with Crippen LogP contribution >= 0.6 is 0 Å². The van der Waals surface area contributed by atoms with Gasteiger partial charge in [-0.05, 0) is 38.0 Å². The Balaban J connectivity index is 2.36. The van der Waals surface area contributed by atoms with E-state index >= 15 is 0 Å². The lowest BCUT2D eigenvalue weighted by Gasteiger charge is -2.17. The Kier molecular flexibility index (Phi) is 8.46. The molecule has 1 aromatic rings. The largest absolute Gasteiger partial charge is 0.482 e. The molecule has 7 heteroatoms. The van der Waals surface area contributed by atoms with E-state index < -0.39 is 5.97 Å². The molecule has 0 aliphatic heterocycles. The van der Waals surface area contributed by atoms with Crippen LogP contribution in [0.15, 0.2) is 24.3 Å². The summed E-state index contributed by atoms with van der Waals surface area (Å²) in [5, 5.41) is 11.4.